The van der Waals surface area contributed by atoms with Gasteiger partial charge in [-0.15, -0.1) is 22.7 Å². The molecule has 1 fully saturated rings. The van der Waals surface area contributed by atoms with Crippen molar-refractivity contribution in [1.82, 2.24) is 0 Å². The van der Waals surface area contributed by atoms with Gasteiger partial charge in [0.05, 0.1) is 18.1 Å². The van der Waals surface area contributed by atoms with Crippen LogP contribution in [-0.2, 0) is 10.2 Å². The Morgan fingerprint density at radius 3 is 2.19 bits per heavy atom. The quantitative estimate of drug-likeness (QED) is 0.785. The minimum absolute atomic E-state index is 0.127. The minimum Gasteiger partial charge on any atom is -0.377 e. The standard InChI is InChI=1S/C13H14OS2/c1-10-8-13(9-14-10,11-4-2-6-15-11)12-5-3-7-16-12/h2-7,10H,8-9H2,1H3/t10-/m0/s1. The van der Waals surface area contributed by atoms with Gasteiger partial charge in [-0.1, -0.05) is 12.1 Å². The van der Waals surface area contributed by atoms with E-state index in [2.05, 4.69) is 41.9 Å². The summed E-state index contributed by atoms with van der Waals surface area (Å²) in [7, 11) is 0. The predicted octanol–water partition coefficient (Wildman–Crippen LogP) is 3.90. The monoisotopic (exact) mass is 250 g/mol. The van der Waals surface area contributed by atoms with Crippen molar-refractivity contribution < 1.29 is 4.74 Å². The lowest BCUT2D eigenvalue weighted by Gasteiger charge is -2.25. The van der Waals surface area contributed by atoms with Crippen LogP contribution in [0.2, 0.25) is 0 Å². The van der Waals surface area contributed by atoms with Crippen molar-refractivity contribution in [2.75, 3.05) is 6.61 Å². The summed E-state index contributed by atoms with van der Waals surface area (Å²) < 4.78 is 5.83. The summed E-state index contributed by atoms with van der Waals surface area (Å²) in [4.78, 5) is 2.89. The van der Waals surface area contributed by atoms with E-state index in [-0.39, 0.29) is 5.41 Å². The van der Waals surface area contributed by atoms with Gasteiger partial charge >= 0.3 is 0 Å². The normalized spacial score (nSPS) is 23.7. The molecule has 1 aliphatic heterocycles. The molecular formula is C13H14OS2. The molecule has 0 spiro atoms. The first-order valence-corrected chi connectivity index (χ1v) is 7.27. The van der Waals surface area contributed by atoms with Crippen LogP contribution in [0.15, 0.2) is 35.0 Å². The van der Waals surface area contributed by atoms with Crippen LogP contribution in [-0.4, -0.2) is 12.7 Å². The SMILES string of the molecule is C[C@H]1CC(c2cccs2)(c2cccs2)CO1. The molecule has 0 aliphatic carbocycles. The lowest BCUT2D eigenvalue weighted by atomic mass is 9.82. The topological polar surface area (TPSA) is 9.23 Å². The number of hydrogen-bond acceptors (Lipinski definition) is 3. The zero-order chi connectivity index (χ0) is 11.0. The van der Waals surface area contributed by atoms with Crippen molar-refractivity contribution in [3.63, 3.8) is 0 Å². The summed E-state index contributed by atoms with van der Waals surface area (Å²) in [6.45, 7) is 3.00. The largest absolute Gasteiger partial charge is 0.377 e. The van der Waals surface area contributed by atoms with Gasteiger partial charge in [-0.2, -0.15) is 0 Å². The highest BCUT2D eigenvalue weighted by molar-refractivity contribution is 7.11. The molecule has 0 amide bonds. The Morgan fingerprint density at radius 2 is 1.81 bits per heavy atom. The Bertz CT molecular complexity index is 410. The van der Waals surface area contributed by atoms with Gasteiger partial charge in [0.1, 0.15) is 0 Å². The van der Waals surface area contributed by atoms with Gasteiger partial charge in [0.2, 0.25) is 0 Å². The van der Waals surface area contributed by atoms with Gasteiger partial charge < -0.3 is 4.74 Å². The van der Waals surface area contributed by atoms with Crippen LogP contribution in [0.1, 0.15) is 23.1 Å². The Hall–Kier alpha value is -0.640. The van der Waals surface area contributed by atoms with Crippen molar-refractivity contribution in [3.8, 4) is 0 Å². The number of thiophene rings is 2. The van der Waals surface area contributed by atoms with Gasteiger partial charge in [-0.05, 0) is 36.2 Å². The summed E-state index contributed by atoms with van der Waals surface area (Å²) in [6.07, 6.45) is 1.47. The van der Waals surface area contributed by atoms with E-state index in [1.54, 1.807) is 0 Å². The minimum atomic E-state index is 0.127. The molecule has 3 heterocycles. The fraction of sp³-hybridized carbons (Fsp3) is 0.385. The highest BCUT2D eigenvalue weighted by Gasteiger charge is 2.43. The maximum Gasteiger partial charge on any atom is 0.0647 e. The molecule has 0 aromatic carbocycles. The molecule has 3 heteroatoms. The van der Waals surface area contributed by atoms with Crippen LogP contribution in [0.3, 0.4) is 0 Å². The molecule has 1 nitrogen and oxygen atoms in total. The highest BCUT2D eigenvalue weighted by atomic mass is 32.1. The summed E-state index contributed by atoms with van der Waals surface area (Å²) in [5.74, 6) is 0. The molecule has 2 aromatic heterocycles. The molecule has 3 rings (SSSR count). The second kappa shape index (κ2) is 3.99. The van der Waals surface area contributed by atoms with Crippen LogP contribution < -0.4 is 0 Å². The first kappa shape index (κ1) is 10.5. The summed E-state index contributed by atoms with van der Waals surface area (Å²) in [5, 5.41) is 4.32. The maximum atomic E-state index is 5.83. The Kier molecular flexibility index (Phi) is 2.62. The lowest BCUT2D eigenvalue weighted by Crippen LogP contribution is -2.25. The fourth-order valence-electron chi connectivity index (χ4n) is 2.46. The third-order valence-electron chi connectivity index (χ3n) is 3.24. The van der Waals surface area contributed by atoms with Crippen LogP contribution in [0, 0.1) is 0 Å². The molecule has 0 unspecified atom stereocenters. The summed E-state index contributed by atoms with van der Waals surface area (Å²) in [5.41, 5.74) is 0.127. The molecule has 2 aromatic rings. The van der Waals surface area contributed by atoms with E-state index in [1.165, 1.54) is 9.75 Å². The summed E-state index contributed by atoms with van der Waals surface area (Å²) in [6, 6.07) is 8.76. The van der Waals surface area contributed by atoms with Crippen molar-refractivity contribution in [3.05, 3.63) is 44.8 Å². The van der Waals surface area contributed by atoms with Gasteiger partial charge in [0.15, 0.2) is 0 Å². The fourth-order valence-corrected chi connectivity index (χ4v) is 4.40. The summed E-state index contributed by atoms with van der Waals surface area (Å²) >= 11 is 3.69. The molecule has 0 bridgehead atoms. The van der Waals surface area contributed by atoms with Gasteiger partial charge in [0.25, 0.3) is 0 Å². The second-order valence-electron chi connectivity index (χ2n) is 4.36. The molecule has 1 atom stereocenters. The third-order valence-corrected chi connectivity index (χ3v) is 5.38. The number of hydrogen-bond donors (Lipinski definition) is 0. The molecule has 84 valence electrons. The average Bonchev–Trinajstić information content (AvgIpc) is 2.99. The smallest absolute Gasteiger partial charge is 0.0647 e. The zero-order valence-corrected chi connectivity index (χ0v) is 10.8. The van der Waals surface area contributed by atoms with Gasteiger partial charge in [-0.25, -0.2) is 0 Å². The van der Waals surface area contributed by atoms with Gasteiger partial charge in [0, 0.05) is 9.75 Å². The van der Waals surface area contributed by atoms with Crippen molar-refractivity contribution in [2.45, 2.75) is 24.9 Å². The first-order valence-electron chi connectivity index (χ1n) is 5.51. The Morgan fingerprint density at radius 1 is 1.19 bits per heavy atom. The predicted molar refractivity (Wildman–Crippen MR) is 69.4 cm³/mol. The van der Waals surface area contributed by atoms with E-state index in [9.17, 15) is 0 Å². The Labute approximate surface area is 104 Å². The number of rotatable bonds is 2. The third kappa shape index (κ3) is 1.54. The van der Waals surface area contributed by atoms with Crippen molar-refractivity contribution >= 4 is 22.7 Å². The van der Waals surface area contributed by atoms with Gasteiger partial charge in [-0.3, -0.25) is 0 Å². The Balaban J connectivity index is 2.09. The molecule has 1 saturated heterocycles. The van der Waals surface area contributed by atoms with E-state index in [0.717, 1.165) is 13.0 Å². The van der Waals surface area contributed by atoms with Crippen LogP contribution in [0.25, 0.3) is 0 Å². The molecular weight excluding hydrogens is 236 g/mol. The zero-order valence-electron chi connectivity index (χ0n) is 9.18. The van der Waals surface area contributed by atoms with E-state index in [4.69, 9.17) is 4.74 Å². The maximum absolute atomic E-state index is 5.83. The first-order chi connectivity index (χ1) is 7.81. The highest BCUT2D eigenvalue weighted by Crippen LogP contribution is 2.45. The van der Waals surface area contributed by atoms with Crippen molar-refractivity contribution in [1.29, 1.82) is 0 Å². The van der Waals surface area contributed by atoms with Crippen molar-refractivity contribution in [2.24, 2.45) is 0 Å². The molecule has 1 aliphatic rings. The molecule has 0 N–H and O–H groups in total. The molecule has 0 radical (unpaired) electrons. The van der Waals surface area contributed by atoms with E-state index in [0.29, 0.717) is 6.10 Å². The van der Waals surface area contributed by atoms with E-state index < -0.39 is 0 Å². The average molecular weight is 250 g/mol. The lowest BCUT2D eigenvalue weighted by molar-refractivity contribution is 0.120. The second-order valence-corrected chi connectivity index (χ2v) is 6.26. The van der Waals surface area contributed by atoms with Crippen LogP contribution in [0.5, 0.6) is 0 Å². The van der Waals surface area contributed by atoms with Crippen LogP contribution >= 0.6 is 22.7 Å². The van der Waals surface area contributed by atoms with E-state index in [1.807, 2.05) is 22.7 Å². The molecule has 16 heavy (non-hydrogen) atoms. The molecule has 0 saturated carbocycles. The van der Waals surface area contributed by atoms with E-state index >= 15 is 0 Å². The number of ether oxygens (including phenoxy) is 1. The van der Waals surface area contributed by atoms with Crippen LogP contribution in [0.4, 0.5) is 0 Å².